The molecule has 20 heavy (non-hydrogen) atoms. The lowest BCUT2D eigenvalue weighted by atomic mass is 10.2. The number of hydrogen-bond acceptors (Lipinski definition) is 4. The molecule has 0 aliphatic heterocycles. The highest BCUT2D eigenvalue weighted by atomic mass is 35.5. The number of primary amides is 1. The number of para-hydroxylation sites is 1. The Bertz CT molecular complexity index is 798. The van der Waals surface area contributed by atoms with Gasteiger partial charge in [-0.25, -0.2) is 4.98 Å². The van der Waals surface area contributed by atoms with E-state index < -0.39 is 5.91 Å². The Morgan fingerprint density at radius 1 is 1.30 bits per heavy atom. The highest BCUT2D eigenvalue weighted by molar-refractivity contribution is 6.35. The average molecular weight is 288 g/mol. The summed E-state index contributed by atoms with van der Waals surface area (Å²) in [6, 6.07) is 9.22. The number of nitrogens with two attached hydrogens (primary N) is 1. The van der Waals surface area contributed by atoms with Crippen molar-refractivity contribution in [2.75, 3.05) is 5.32 Å². The van der Waals surface area contributed by atoms with Crippen molar-refractivity contribution in [3.05, 3.63) is 47.1 Å². The summed E-state index contributed by atoms with van der Waals surface area (Å²) in [4.78, 5) is 15.6. The van der Waals surface area contributed by atoms with Gasteiger partial charge in [0.1, 0.15) is 17.2 Å². The van der Waals surface area contributed by atoms with E-state index in [9.17, 15) is 4.79 Å². The van der Waals surface area contributed by atoms with E-state index in [1.54, 1.807) is 12.1 Å². The van der Waals surface area contributed by atoms with Crippen LogP contribution in [0.5, 0.6) is 0 Å². The van der Waals surface area contributed by atoms with E-state index in [4.69, 9.17) is 17.3 Å². The van der Waals surface area contributed by atoms with Gasteiger partial charge in [0.15, 0.2) is 0 Å². The predicted octanol–water partition coefficient (Wildman–Crippen LogP) is 2.45. The van der Waals surface area contributed by atoms with Gasteiger partial charge in [-0.05, 0) is 18.2 Å². The SMILES string of the molecule is NC(=O)c1cn[nH]c1Nc1ccc2cccc(Cl)c2n1. The van der Waals surface area contributed by atoms with Crippen LogP contribution in [0.25, 0.3) is 10.9 Å². The zero-order valence-corrected chi connectivity index (χ0v) is 11.0. The number of anilines is 2. The first-order valence-electron chi connectivity index (χ1n) is 5.80. The minimum Gasteiger partial charge on any atom is -0.365 e. The zero-order chi connectivity index (χ0) is 14.1. The number of halogens is 1. The average Bonchev–Trinajstić information content (AvgIpc) is 2.88. The number of hydrogen-bond donors (Lipinski definition) is 3. The van der Waals surface area contributed by atoms with Crippen LogP contribution in [-0.2, 0) is 0 Å². The van der Waals surface area contributed by atoms with Crippen molar-refractivity contribution in [3.63, 3.8) is 0 Å². The number of amides is 1. The van der Waals surface area contributed by atoms with E-state index in [2.05, 4.69) is 20.5 Å². The molecule has 3 rings (SSSR count). The van der Waals surface area contributed by atoms with E-state index in [-0.39, 0.29) is 5.56 Å². The fourth-order valence-corrected chi connectivity index (χ4v) is 2.10. The van der Waals surface area contributed by atoms with Gasteiger partial charge in [0.2, 0.25) is 0 Å². The van der Waals surface area contributed by atoms with Crippen molar-refractivity contribution >= 4 is 40.0 Å². The second-order valence-electron chi connectivity index (χ2n) is 4.16. The van der Waals surface area contributed by atoms with Crippen molar-refractivity contribution in [2.24, 2.45) is 5.73 Å². The second-order valence-corrected chi connectivity index (χ2v) is 4.56. The molecule has 1 amide bonds. The quantitative estimate of drug-likeness (QED) is 0.689. The monoisotopic (exact) mass is 287 g/mol. The molecule has 4 N–H and O–H groups in total. The van der Waals surface area contributed by atoms with Gasteiger partial charge in [0.05, 0.1) is 16.7 Å². The van der Waals surface area contributed by atoms with Crippen LogP contribution < -0.4 is 11.1 Å². The summed E-state index contributed by atoms with van der Waals surface area (Å²) in [5.74, 6) is 0.369. The number of nitrogens with one attached hydrogen (secondary N) is 2. The van der Waals surface area contributed by atoms with Gasteiger partial charge in [-0.2, -0.15) is 5.10 Å². The van der Waals surface area contributed by atoms with Crippen molar-refractivity contribution in [1.82, 2.24) is 15.2 Å². The van der Waals surface area contributed by atoms with Crippen LogP contribution >= 0.6 is 11.6 Å². The lowest BCUT2D eigenvalue weighted by Crippen LogP contribution is -2.12. The molecule has 2 heterocycles. The standard InChI is InChI=1S/C13H10ClN5O/c14-9-3-1-2-7-4-5-10(17-11(7)9)18-13-8(12(15)20)6-16-19-13/h1-6H,(H2,15,20)(H2,16,17,18,19). The third-order valence-electron chi connectivity index (χ3n) is 2.83. The minimum absolute atomic E-state index is 0.269. The van der Waals surface area contributed by atoms with Crippen LogP contribution in [0.4, 0.5) is 11.6 Å². The maximum absolute atomic E-state index is 11.2. The molecule has 0 fully saturated rings. The van der Waals surface area contributed by atoms with Gasteiger partial charge in [0.25, 0.3) is 5.91 Å². The first kappa shape index (κ1) is 12.4. The molecular formula is C13H10ClN5O. The van der Waals surface area contributed by atoms with Crippen LogP contribution in [0.2, 0.25) is 5.02 Å². The van der Waals surface area contributed by atoms with Gasteiger partial charge in [-0.15, -0.1) is 0 Å². The van der Waals surface area contributed by atoms with Crippen LogP contribution in [0.1, 0.15) is 10.4 Å². The molecule has 0 saturated heterocycles. The van der Waals surface area contributed by atoms with Crippen LogP contribution in [0, 0.1) is 0 Å². The fourth-order valence-electron chi connectivity index (χ4n) is 1.88. The summed E-state index contributed by atoms with van der Waals surface area (Å²) in [5, 5.41) is 10.9. The van der Waals surface area contributed by atoms with E-state index in [0.29, 0.717) is 22.2 Å². The molecule has 2 aromatic heterocycles. The number of pyridine rings is 1. The first-order valence-corrected chi connectivity index (χ1v) is 6.18. The van der Waals surface area contributed by atoms with E-state index in [0.717, 1.165) is 5.39 Å². The Balaban J connectivity index is 2.01. The van der Waals surface area contributed by atoms with Crippen molar-refractivity contribution in [3.8, 4) is 0 Å². The molecule has 6 nitrogen and oxygen atoms in total. The number of benzene rings is 1. The van der Waals surface area contributed by atoms with Crippen LogP contribution in [0.15, 0.2) is 36.5 Å². The number of H-pyrrole nitrogens is 1. The number of nitrogens with zero attached hydrogens (tertiary/aromatic N) is 2. The Hall–Kier alpha value is -2.60. The summed E-state index contributed by atoms with van der Waals surface area (Å²) in [6.07, 6.45) is 1.36. The summed E-state index contributed by atoms with van der Waals surface area (Å²) >= 11 is 6.11. The summed E-state index contributed by atoms with van der Waals surface area (Å²) in [5.41, 5.74) is 6.20. The van der Waals surface area contributed by atoms with E-state index in [1.807, 2.05) is 18.2 Å². The smallest absolute Gasteiger partial charge is 0.254 e. The van der Waals surface area contributed by atoms with Crippen LogP contribution in [-0.4, -0.2) is 21.1 Å². The number of aromatic nitrogens is 3. The Labute approximate surface area is 119 Å². The Morgan fingerprint density at radius 2 is 2.15 bits per heavy atom. The van der Waals surface area contributed by atoms with Gasteiger partial charge in [-0.1, -0.05) is 23.7 Å². The van der Waals surface area contributed by atoms with Gasteiger partial charge in [0, 0.05) is 5.39 Å². The maximum Gasteiger partial charge on any atom is 0.254 e. The van der Waals surface area contributed by atoms with Crippen molar-refractivity contribution in [2.45, 2.75) is 0 Å². The Morgan fingerprint density at radius 3 is 2.95 bits per heavy atom. The summed E-state index contributed by atoms with van der Waals surface area (Å²) in [6.45, 7) is 0. The number of fused-ring (bicyclic) bond motifs is 1. The molecule has 0 saturated carbocycles. The topological polar surface area (TPSA) is 96.7 Å². The predicted molar refractivity (Wildman–Crippen MR) is 77.1 cm³/mol. The zero-order valence-electron chi connectivity index (χ0n) is 10.2. The number of rotatable bonds is 3. The molecule has 0 aliphatic carbocycles. The molecule has 3 aromatic rings. The largest absolute Gasteiger partial charge is 0.365 e. The number of aromatic amines is 1. The third-order valence-corrected chi connectivity index (χ3v) is 3.13. The molecule has 0 radical (unpaired) electrons. The molecule has 0 unspecified atom stereocenters. The minimum atomic E-state index is -0.569. The highest BCUT2D eigenvalue weighted by Crippen LogP contribution is 2.24. The lowest BCUT2D eigenvalue weighted by molar-refractivity contribution is 0.100. The normalized spacial score (nSPS) is 10.7. The van der Waals surface area contributed by atoms with Crippen molar-refractivity contribution < 1.29 is 4.79 Å². The number of carbonyl (C=O) groups is 1. The molecule has 0 spiro atoms. The van der Waals surface area contributed by atoms with Gasteiger partial charge >= 0.3 is 0 Å². The molecule has 0 aliphatic rings. The maximum atomic E-state index is 11.2. The third kappa shape index (κ3) is 2.17. The van der Waals surface area contributed by atoms with Crippen LogP contribution in [0.3, 0.4) is 0 Å². The summed E-state index contributed by atoms with van der Waals surface area (Å²) < 4.78 is 0. The Kier molecular flexibility index (Phi) is 3.00. The highest BCUT2D eigenvalue weighted by Gasteiger charge is 2.11. The molecule has 0 bridgehead atoms. The van der Waals surface area contributed by atoms with E-state index in [1.165, 1.54) is 6.20 Å². The fraction of sp³-hybridized carbons (Fsp3) is 0. The lowest BCUT2D eigenvalue weighted by Gasteiger charge is -2.06. The molecular weight excluding hydrogens is 278 g/mol. The second kappa shape index (κ2) is 4.82. The molecule has 1 aromatic carbocycles. The molecule has 7 heteroatoms. The van der Waals surface area contributed by atoms with E-state index >= 15 is 0 Å². The number of carbonyl (C=O) groups excluding carboxylic acids is 1. The molecule has 0 atom stereocenters. The van der Waals surface area contributed by atoms with Gasteiger partial charge < -0.3 is 11.1 Å². The van der Waals surface area contributed by atoms with Gasteiger partial charge in [-0.3, -0.25) is 9.89 Å². The first-order chi connectivity index (χ1) is 9.65. The summed E-state index contributed by atoms with van der Waals surface area (Å²) in [7, 11) is 0. The van der Waals surface area contributed by atoms with Crippen molar-refractivity contribution in [1.29, 1.82) is 0 Å². The molecule has 100 valence electrons.